The number of nitrogens with zero attached hydrogens (tertiary/aromatic N) is 1. The van der Waals surface area contributed by atoms with Crippen LogP contribution >= 0.6 is 0 Å². The second-order valence-corrected chi connectivity index (χ2v) is 7.31. The van der Waals surface area contributed by atoms with Gasteiger partial charge in [0, 0.05) is 19.6 Å². The van der Waals surface area contributed by atoms with Crippen molar-refractivity contribution in [1.29, 1.82) is 0 Å². The molecule has 0 aromatic heterocycles. The fourth-order valence-corrected chi connectivity index (χ4v) is 4.53. The zero-order valence-corrected chi connectivity index (χ0v) is 12.1. The van der Waals surface area contributed by atoms with Crippen LogP contribution in [0.1, 0.15) is 46.5 Å². The first kappa shape index (κ1) is 14.9. The lowest BCUT2D eigenvalue weighted by Crippen LogP contribution is -2.41. The first-order chi connectivity index (χ1) is 7.95. The summed E-state index contributed by atoms with van der Waals surface area (Å²) in [5.74, 6) is 0. The molecule has 0 spiro atoms. The highest BCUT2D eigenvalue weighted by molar-refractivity contribution is 7.89. The van der Waals surface area contributed by atoms with Crippen molar-refractivity contribution >= 4 is 10.0 Å². The highest BCUT2D eigenvalue weighted by Gasteiger charge is 2.42. The molecular formula is C12H26N2O2S. The summed E-state index contributed by atoms with van der Waals surface area (Å²) < 4.78 is 26.4. The van der Waals surface area contributed by atoms with Crippen LogP contribution in [-0.4, -0.2) is 37.6 Å². The Kier molecular flexibility index (Phi) is 4.98. The highest BCUT2D eigenvalue weighted by atomic mass is 32.2. The van der Waals surface area contributed by atoms with Crippen molar-refractivity contribution in [3.05, 3.63) is 0 Å². The van der Waals surface area contributed by atoms with Crippen LogP contribution in [0.15, 0.2) is 0 Å². The lowest BCUT2D eigenvalue weighted by molar-refractivity contribution is 0.279. The van der Waals surface area contributed by atoms with E-state index in [1.165, 1.54) is 0 Å². The Hall–Kier alpha value is -0.130. The third-order valence-corrected chi connectivity index (χ3v) is 6.80. The summed E-state index contributed by atoms with van der Waals surface area (Å²) in [4.78, 5) is 0. The second-order valence-electron chi connectivity index (χ2n) is 5.10. The van der Waals surface area contributed by atoms with Crippen LogP contribution in [0.4, 0.5) is 0 Å². The van der Waals surface area contributed by atoms with Crippen molar-refractivity contribution in [2.75, 3.05) is 19.6 Å². The molecule has 102 valence electrons. The van der Waals surface area contributed by atoms with Gasteiger partial charge in [0.25, 0.3) is 0 Å². The first-order valence-electron chi connectivity index (χ1n) is 6.64. The maximum atomic E-state index is 12.4. The van der Waals surface area contributed by atoms with E-state index in [9.17, 15) is 8.42 Å². The average molecular weight is 262 g/mol. The highest BCUT2D eigenvalue weighted by Crippen LogP contribution is 2.38. The molecule has 0 amide bonds. The molecule has 0 radical (unpaired) electrons. The van der Waals surface area contributed by atoms with Gasteiger partial charge in [-0.1, -0.05) is 20.8 Å². The molecule has 0 aliphatic carbocycles. The van der Waals surface area contributed by atoms with E-state index >= 15 is 0 Å². The molecule has 0 aromatic rings. The van der Waals surface area contributed by atoms with Crippen LogP contribution in [0, 0.1) is 5.41 Å². The Balaban J connectivity index is 2.83. The van der Waals surface area contributed by atoms with Crippen LogP contribution in [0.25, 0.3) is 0 Å². The maximum absolute atomic E-state index is 12.4. The van der Waals surface area contributed by atoms with Crippen molar-refractivity contribution in [1.82, 2.24) is 4.31 Å². The molecule has 1 fully saturated rings. The van der Waals surface area contributed by atoms with E-state index in [2.05, 4.69) is 13.8 Å². The lowest BCUT2D eigenvalue weighted by atomic mass is 9.82. The zero-order valence-electron chi connectivity index (χ0n) is 11.3. The normalized spacial score (nSPS) is 22.8. The van der Waals surface area contributed by atoms with Crippen molar-refractivity contribution in [3.63, 3.8) is 0 Å². The van der Waals surface area contributed by atoms with Crippen molar-refractivity contribution in [2.24, 2.45) is 11.1 Å². The second kappa shape index (κ2) is 5.67. The monoisotopic (exact) mass is 262 g/mol. The fourth-order valence-electron chi connectivity index (χ4n) is 2.65. The number of sulfonamides is 1. The van der Waals surface area contributed by atoms with Gasteiger partial charge >= 0.3 is 0 Å². The van der Waals surface area contributed by atoms with E-state index in [1.54, 1.807) is 4.31 Å². The Bertz CT molecular complexity index is 332. The molecule has 1 saturated heterocycles. The van der Waals surface area contributed by atoms with Crippen LogP contribution in [0.5, 0.6) is 0 Å². The summed E-state index contributed by atoms with van der Waals surface area (Å²) in [6.45, 7) is 7.76. The molecule has 0 aromatic carbocycles. The van der Waals surface area contributed by atoms with E-state index in [1.807, 2.05) is 6.92 Å². The predicted molar refractivity (Wildman–Crippen MR) is 71.3 cm³/mol. The van der Waals surface area contributed by atoms with E-state index in [0.29, 0.717) is 19.5 Å². The largest absolute Gasteiger partial charge is 0.329 e. The fraction of sp³-hybridized carbons (Fsp3) is 1.00. The first-order valence-corrected chi connectivity index (χ1v) is 8.15. The molecular weight excluding hydrogens is 236 g/mol. The van der Waals surface area contributed by atoms with Gasteiger partial charge in [-0.15, -0.1) is 0 Å². The van der Waals surface area contributed by atoms with E-state index in [0.717, 1.165) is 19.3 Å². The summed E-state index contributed by atoms with van der Waals surface area (Å²) in [6.07, 6.45) is 3.69. The molecule has 0 saturated carbocycles. The lowest BCUT2D eigenvalue weighted by Gasteiger charge is -2.27. The Morgan fingerprint density at radius 2 is 1.88 bits per heavy atom. The quantitative estimate of drug-likeness (QED) is 0.790. The smallest absolute Gasteiger partial charge is 0.218 e. The number of hydrogen-bond donors (Lipinski definition) is 1. The number of rotatable bonds is 6. The molecule has 1 aliphatic rings. The summed E-state index contributed by atoms with van der Waals surface area (Å²) in [7, 11) is -3.18. The van der Waals surface area contributed by atoms with Crippen molar-refractivity contribution in [2.45, 2.75) is 51.7 Å². The third kappa shape index (κ3) is 2.83. The maximum Gasteiger partial charge on any atom is 0.218 e. The molecule has 1 aliphatic heterocycles. The van der Waals surface area contributed by atoms with Gasteiger partial charge in [0.2, 0.25) is 10.0 Å². The summed E-state index contributed by atoms with van der Waals surface area (Å²) in [5.41, 5.74) is 5.76. The summed E-state index contributed by atoms with van der Waals surface area (Å²) in [5, 5.41) is -0.410. The topological polar surface area (TPSA) is 63.4 Å². The molecule has 1 heterocycles. The van der Waals surface area contributed by atoms with Gasteiger partial charge in [-0.25, -0.2) is 12.7 Å². The SMILES string of the molecule is CCC(CN)S(=O)(=O)N1CCC(CC)(CC)C1. The molecule has 2 N–H and O–H groups in total. The van der Waals surface area contributed by atoms with Crippen LogP contribution in [-0.2, 0) is 10.0 Å². The molecule has 1 rings (SSSR count). The van der Waals surface area contributed by atoms with Gasteiger partial charge in [0.05, 0.1) is 5.25 Å². The van der Waals surface area contributed by atoms with Gasteiger partial charge in [0.1, 0.15) is 0 Å². The standard InChI is InChI=1S/C12H26N2O2S/c1-4-11(9-13)17(15,16)14-8-7-12(5-2,6-3)10-14/h11H,4-10,13H2,1-3H3. The van der Waals surface area contributed by atoms with Gasteiger partial charge in [-0.2, -0.15) is 0 Å². The zero-order chi connectivity index (χ0) is 13.1. The third-order valence-electron chi connectivity index (χ3n) is 4.40. The molecule has 4 nitrogen and oxygen atoms in total. The van der Waals surface area contributed by atoms with E-state index < -0.39 is 15.3 Å². The van der Waals surface area contributed by atoms with Gasteiger partial charge < -0.3 is 5.73 Å². The molecule has 0 bridgehead atoms. The molecule has 17 heavy (non-hydrogen) atoms. The predicted octanol–water partition coefficient (Wildman–Crippen LogP) is 1.57. The van der Waals surface area contributed by atoms with Crippen LogP contribution in [0.2, 0.25) is 0 Å². The Labute approximate surface area is 106 Å². The van der Waals surface area contributed by atoms with E-state index in [4.69, 9.17) is 5.73 Å². The average Bonchev–Trinajstić information content (AvgIpc) is 2.76. The summed E-state index contributed by atoms with van der Waals surface area (Å²) >= 11 is 0. The minimum Gasteiger partial charge on any atom is -0.329 e. The van der Waals surface area contributed by atoms with Crippen molar-refractivity contribution in [3.8, 4) is 0 Å². The molecule has 5 heteroatoms. The Morgan fingerprint density at radius 1 is 1.29 bits per heavy atom. The Morgan fingerprint density at radius 3 is 2.24 bits per heavy atom. The van der Waals surface area contributed by atoms with Crippen molar-refractivity contribution < 1.29 is 8.42 Å². The van der Waals surface area contributed by atoms with Gasteiger partial charge in [-0.3, -0.25) is 0 Å². The van der Waals surface area contributed by atoms with E-state index in [-0.39, 0.29) is 12.0 Å². The minimum atomic E-state index is -3.18. The number of hydrogen-bond acceptors (Lipinski definition) is 3. The summed E-state index contributed by atoms with van der Waals surface area (Å²) in [6, 6.07) is 0. The van der Waals surface area contributed by atoms with Crippen LogP contribution in [0.3, 0.4) is 0 Å². The number of nitrogens with two attached hydrogens (primary N) is 1. The minimum absolute atomic E-state index is 0.194. The molecule has 1 unspecified atom stereocenters. The van der Waals surface area contributed by atoms with Gasteiger partial charge in [0.15, 0.2) is 0 Å². The molecule has 1 atom stereocenters. The van der Waals surface area contributed by atoms with Gasteiger partial charge in [-0.05, 0) is 31.1 Å². The van der Waals surface area contributed by atoms with Crippen LogP contribution < -0.4 is 5.73 Å².